The predicted octanol–water partition coefficient (Wildman–Crippen LogP) is 5.38. The highest BCUT2D eigenvalue weighted by Gasteiger charge is 2.18. The largest absolute Gasteiger partial charge is 0.319 e. The van der Waals surface area contributed by atoms with Crippen LogP contribution in [-0.2, 0) is 0 Å². The third-order valence-electron chi connectivity index (χ3n) is 3.64. The second-order valence-electron chi connectivity index (χ2n) is 5.38. The Morgan fingerprint density at radius 3 is 2.30 bits per heavy atom. The summed E-state index contributed by atoms with van der Waals surface area (Å²) in [6.07, 6.45) is 0. The van der Waals surface area contributed by atoms with Crippen LogP contribution in [0.5, 0.6) is 0 Å². The Morgan fingerprint density at radius 2 is 1.56 bits per heavy atom. The number of nitriles is 1. The highest BCUT2D eigenvalue weighted by atomic mass is 32.2. The summed E-state index contributed by atoms with van der Waals surface area (Å²) < 4.78 is 40.2. The number of halogens is 3. The van der Waals surface area contributed by atoms with Gasteiger partial charge in [0.15, 0.2) is 17.5 Å². The van der Waals surface area contributed by atoms with E-state index in [1.54, 1.807) is 42.5 Å². The van der Waals surface area contributed by atoms with Crippen molar-refractivity contribution in [2.24, 2.45) is 0 Å². The van der Waals surface area contributed by atoms with Crippen molar-refractivity contribution >= 4 is 23.4 Å². The molecule has 0 aliphatic carbocycles. The van der Waals surface area contributed by atoms with E-state index in [1.807, 2.05) is 0 Å². The first-order valence-electron chi connectivity index (χ1n) is 7.72. The van der Waals surface area contributed by atoms with E-state index in [1.165, 1.54) is 17.8 Å². The van der Waals surface area contributed by atoms with Gasteiger partial charge in [0.2, 0.25) is 0 Å². The standard InChI is InChI=1S/C20H11F3N2OS/c21-14-9-10-15(19(23)18(14)22)25-20(26)13-6-2-4-8-17(13)27-16-7-3-1-5-12(16)11-24/h1-10H,(H,25,26). The van der Waals surface area contributed by atoms with Gasteiger partial charge in [0, 0.05) is 9.79 Å². The summed E-state index contributed by atoms with van der Waals surface area (Å²) in [5, 5.41) is 11.4. The van der Waals surface area contributed by atoms with Crippen LogP contribution in [0.4, 0.5) is 18.9 Å². The molecule has 0 radical (unpaired) electrons. The lowest BCUT2D eigenvalue weighted by molar-refractivity contribution is 0.102. The summed E-state index contributed by atoms with van der Waals surface area (Å²) in [5.41, 5.74) is 0.194. The van der Waals surface area contributed by atoms with Crippen LogP contribution in [0.15, 0.2) is 70.5 Å². The fraction of sp³-hybridized carbons (Fsp3) is 0. The minimum absolute atomic E-state index is 0.208. The maximum atomic E-state index is 13.8. The maximum absolute atomic E-state index is 13.8. The normalized spacial score (nSPS) is 10.3. The second kappa shape index (κ2) is 7.98. The van der Waals surface area contributed by atoms with Crippen molar-refractivity contribution in [3.8, 4) is 6.07 Å². The van der Waals surface area contributed by atoms with Gasteiger partial charge in [-0.05, 0) is 36.4 Å². The van der Waals surface area contributed by atoms with E-state index in [2.05, 4.69) is 11.4 Å². The predicted molar refractivity (Wildman–Crippen MR) is 96.0 cm³/mol. The molecule has 3 rings (SSSR count). The van der Waals surface area contributed by atoms with E-state index in [-0.39, 0.29) is 5.56 Å². The minimum atomic E-state index is -1.65. The zero-order valence-corrected chi connectivity index (χ0v) is 14.5. The van der Waals surface area contributed by atoms with Gasteiger partial charge in [0.25, 0.3) is 5.91 Å². The quantitative estimate of drug-likeness (QED) is 0.615. The van der Waals surface area contributed by atoms with Gasteiger partial charge in [-0.25, -0.2) is 13.2 Å². The number of amides is 1. The van der Waals surface area contributed by atoms with Crippen LogP contribution in [0.2, 0.25) is 0 Å². The second-order valence-corrected chi connectivity index (χ2v) is 6.47. The average molecular weight is 384 g/mol. The molecule has 0 aliphatic heterocycles. The Labute approximate surface area is 157 Å². The lowest BCUT2D eigenvalue weighted by atomic mass is 10.2. The third-order valence-corrected chi connectivity index (χ3v) is 4.79. The Hall–Kier alpha value is -3.24. The van der Waals surface area contributed by atoms with Gasteiger partial charge < -0.3 is 5.32 Å². The SMILES string of the molecule is N#Cc1ccccc1Sc1ccccc1C(=O)Nc1ccc(F)c(F)c1F. The monoisotopic (exact) mass is 384 g/mol. The first kappa shape index (κ1) is 18.5. The Bertz CT molecular complexity index is 1060. The van der Waals surface area contributed by atoms with Crippen LogP contribution >= 0.6 is 11.8 Å². The molecule has 3 aromatic carbocycles. The number of nitrogens with one attached hydrogen (secondary N) is 1. The molecule has 0 saturated heterocycles. The van der Waals surface area contributed by atoms with Crippen molar-refractivity contribution in [2.45, 2.75) is 9.79 Å². The van der Waals surface area contributed by atoms with Crippen molar-refractivity contribution in [3.05, 3.63) is 89.2 Å². The average Bonchev–Trinajstić information content (AvgIpc) is 2.69. The fourth-order valence-electron chi connectivity index (χ4n) is 2.32. The minimum Gasteiger partial charge on any atom is -0.319 e. The lowest BCUT2D eigenvalue weighted by Gasteiger charge is -2.11. The first-order chi connectivity index (χ1) is 13.0. The van der Waals surface area contributed by atoms with Crippen LogP contribution in [0.25, 0.3) is 0 Å². The van der Waals surface area contributed by atoms with E-state index in [4.69, 9.17) is 0 Å². The molecule has 3 nitrogen and oxygen atoms in total. The molecule has 0 aromatic heterocycles. The number of carbonyl (C=O) groups excluding carboxylic acids is 1. The molecule has 0 spiro atoms. The van der Waals surface area contributed by atoms with Gasteiger partial charge in [-0.3, -0.25) is 4.79 Å². The highest BCUT2D eigenvalue weighted by molar-refractivity contribution is 7.99. The van der Waals surface area contributed by atoms with Crippen molar-refractivity contribution in [1.82, 2.24) is 0 Å². The van der Waals surface area contributed by atoms with Gasteiger partial charge in [0.1, 0.15) is 6.07 Å². The summed E-state index contributed by atoms with van der Waals surface area (Å²) >= 11 is 1.20. The molecule has 0 saturated carbocycles. The smallest absolute Gasteiger partial charge is 0.256 e. The molecule has 0 heterocycles. The number of anilines is 1. The van der Waals surface area contributed by atoms with Crippen LogP contribution in [0, 0.1) is 28.8 Å². The van der Waals surface area contributed by atoms with Crippen LogP contribution in [-0.4, -0.2) is 5.91 Å². The fourth-order valence-corrected chi connectivity index (χ4v) is 3.35. The molecule has 3 aromatic rings. The number of hydrogen-bond donors (Lipinski definition) is 1. The number of rotatable bonds is 4. The molecule has 0 bridgehead atoms. The Kier molecular flexibility index (Phi) is 5.48. The van der Waals surface area contributed by atoms with E-state index in [0.717, 1.165) is 12.1 Å². The van der Waals surface area contributed by atoms with Crippen molar-refractivity contribution < 1.29 is 18.0 Å². The molecule has 0 aliphatic rings. The van der Waals surface area contributed by atoms with Crippen LogP contribution < -0.4 is 5.32 Å². The molecule has 1 N–H and O–H groups in total. The first-order valence-corrected chi connectivity index (χ1v) is 8.53. The van der Waals surface area contributed by atoms with E-state index >= 15 is 0 Å². The Morgan fingerprint density at radius 1 is 0.889 bits per heavy atom. The number of benzene rings is 3. The van der Waals surface area contributed by atoms with Crippen molar-refractivity contribution in [1.29, 1.82) is 5.26 Å². The van der Waals surface area contributed by atoms with Gasteiger partial charge >= 0.3 is 0 Å². The zero-order valence-electron chi connectivity index (χ0n) is 13.7. The van der Waals surface area contributed by atoms with Crippen molar-refractivity contribution in [2.75, 3.05) is 5.32 Å². The number of carbonyl (C=O) groups is 1. The molecule has 7 heteroatoms. The number of hydrogen-bond acceptors (Lipinski definition) is 3. The van der Waals surface area contributed by atoms with Gasteiger partial charge in [-0.2, -0.15) is 5.26 Å². The molecule has 0 fully saturated rings. The van der Waals surface area contributed by atoms with Gasteiger partial charge in [-0.1, -0.05) is 36.0 Å². The van der Waals surface area contributed by atoms with E-state index in [9.17, 15) is 23.2 Å². The maximum Gasteiger partial charge on any atom is 0.256 e. The molecule has 0 unspecified atom stereocenters. The lowest BCUT2D eigenvalue weighted by Crippen LogP contribution is -2.14. The molecular weight excluding hydrogens is 373 g/mol. The number of nitrogens with zero attached hydrogens (tertiary/aromatic N) is 1. The highest BCUT2D eigenvalue weighted by Crippen LogP contribution is 2.33. The van der Waals surface area contributed by atoms with Gasteiger partial charge in [0.05, 0.1) is 16.8 Å². The summed E-state index contributed by atoms with van der Waals surface area (Å²) in [7, 11) is 0. The van der Waals surface area contributed by atoms with E-state index in [0.29, 0.717) is 15.4 Å². The van der Waals surface area contributed by atoms with Crippen LogP contribution in [0.3, 0.4) is 0 Å². The van der Waals surface area contributed by atoms with Crippen molar-refractivity contribution in [3.63, 3.8) is 0 Å². The molecule has 1 amide bonds. The molecule has 0 atom stereocenters. The third kappa shape index (κ3) is 3.96. The topological polar surface area (TPSA) is 52.9 Å². The zero-order chi connectivity index (χ0) is 19.4. The van der Waals surface area contributed by atoms with Gasteiger partial charge in [-0.15, -0.1) is 0 Å². The summed E-state index contributed by atoms with van der Waals surface area (Å²) in [6.45, 7) is 0. The summed E-state index contributed by atoms with van der Waals surface area (Å²) in [4.78, 5) is 13.7. The summed E-state index contributed by atoms with van der Waals surface area (Å²) in [5.74, 6) is -5.14. The molecule has 27 heavy (non-hydrogen) atoms. The van der Waals surface area contributed by atoms with Crippen LogP contribution in [0.1, 0.15) is 15.9 Å². The Balaban J connectivity index is 1.91. The molecular formula is C20H11F3N2OS. The molecule has 134 valence electrons. The van der Waals surface area contributed by atoms with E-state index < -0.39 is 29.0 Å². The summed E-state index contributed by atoms with van der Waals surface area (Å²) in [6, 6.07) is 17.2.